The third kappa shape index (κ3) is 4.31. The van der Waals surface area contributed by atoms with Gasteiger partial charge in [0.2, 0.25) is 5.43 Å². The zero-order valence-electron chi connectivity index (χ0n) is 16.7. The predicted octanol–water partition coefficient (Wildman–Crippen LogP) is 3.65. The van der Waals surface area contributed by atoms with Gasteiger partial charge in [0.05, 0.1) is 35.2 Å². The molecule has 0 aliphatic carbocycles. The Morgan fingerprint density at radius 1 is 1.12 bits per heavy atom. The van der Waals surface area contributed by atoms with Crippen molar-refractivity contribution < 1.29 is 22.1 Å². The van der Waals surface area contributed by atoms with Crippen molar-refractivity contribution in [2.45, 2.75) is 12.7 Å². The first-order chi connectivity index (χ1) is 15.2. The maximum atomic E-state index is 14.9. The van der Waals surface area contributed by atoms with E-state index in [1.807, 2.05) is 0 Å². The highest BCUT2D eigenvalue weighted by molar-refractivity contribution is 7.91. The number of benzene rings is 2. The van der Waals surface area contributed by atoms with E-state index in [1.54, 1.807) is 15.5 Å². The van der Waals surface area contributed by atoms with Crippen LogP contribution in [0.5, 0.6) is 0 Å². The number of aromatic nitrogens is 1. The maximum absolute atomic E-state index is 14.9. The van der Waals surface area contributed by atoms with Crippen molar-refractivity contribution in [2.24, 2.45) is 0 Å². The number of hydrogen-bond acceptors (Lipinski definition) is 4. The number of anilines is 1. The van der Waals surface area contributed by atoms with E-state index in [1.165, 1.54) is 24.4 Å². The Balaban J connectivity index is 1.80. The van der Waals surface area contributed by atoms with Crippen LogP contribution in [0.15, 0.2) is 47.4 Å². The standard InChI is InChI=1S/C22H17F4N3O2S/c23-18-9-17-19(10-20(18)28-5-7-32(31)8-6-28)29(13-15(11-27)21(17)30)12-14-1-3-16(4-2-14)22(24,25)26/h1-4,9-10,13H,5-8,12H2. The normalized spacial score (nSPS) is 15.2. The summed E-state index contributed by atoms with van der Waals surface area (Å²) in [4.78, 5) is 14.4. The van der Waals surface area contributed by atoms with Crippen LogP contribution in [-0.4, -0.2) is 33.7 Å². The zero-order chi connectivity index (χ0) is 23.0. The second-order valence-corrected chi connectivity index (χ2v) is 9.16. The summed E-state index contributed by atoms with van der Waals surface area (Å²) >= 11 is -0.951. The smallest absolute Gasteiger partial charge is 0.416 e. The summed E-state index contributed by atoms with van der Waals surface area (Å²) < 4.78 is 66.6. The van der Waals surface area contributed by atoms with Gasteiger partial charge in [0.15, 0.2) is 0 Å². The molecule has 0 N–H and O–H groups in total. The molecule has 0 unspecified atom stereocenters. The number of alkyl halides is 3. The lowest BCUT2D eigenvalue weighted by Crippen LogP contribution is -2.40. The fraction of sp³-hybridized carbons (Fsp3) is 0.273. The second kappa shape index (κ2) is 8.48. The first-order valence-corrected chi connectivity index (χ1v) is 11.2. The van der Waals surface area contributed by atoms with Gasteiger partial charge in [-0.3, -0.25) is 4.79 Å². The SMILES string of the molecule is N#Cc1cn(Cc2ccc(C(F)(F)F)cc2)c2cc(N3CC[S+]([O-])CC3)c(F)cc2c1=O. The molecule has 2 aromatic carbocycles. The van der Waals surface area contributed by atoms with E-state index >= 15 is 0 Å². The van der Waals surface area contributed by atoms with Gasteiger partial charge in [0, 0.05) is 12.7 Å². The van der Waals surface area contributed by atoms with Gasteiger partial charge >= 0.3 is 6.18 Å². The third-order valence-corrected chi connectivity index (χ3v) is 6.70. The van der Waals surface area contributed by atoms with Crippen LogP contribution < -0.4 is 10.3 Å². The fourth-order valence-electron chi connectivity index (χ4n) is 3.73. The molecule has 0 amide bonds. The van der Waals surface area contributed by atoms with E-state index in [-0.39, 0.29) is 23.2 Å². The van der Waals surface area contributed by atoms with Crippen molar-refractivity contribution >= 4 is 27.8 Å². The van der Waals surface area contributed by atoms with E-state index in [2.05, 4.69) is 0 Å². The summed E-state index contributed by atoms with van der Waals surface area (Å²) in [5.41, 5.74) is -0.459. The highest BCUT2D eigenvalue weighted by Gasteiger charge is 2.30. The van der Waals surface area contributed by atoms with Crippen LogP contribution in [0, 0.1) is 17.1 Å². The first kappa shape index (κ1) is 22.2. The number of halogens is 4. The van der Waals surface area contributed by atoms with E-state index in [9.17, 15) is 32.2 Å². The molecule has 2 heterocycles. The molecule has 1 aliphatic heterocycles. The fourth-order valence-corrected chi connectivity index (χ4v) is 4.78. The summed E-state index contributed by atoms with van der Waals surface area (Å²) in [7, 11) is 0. The van der Waals surface area contributed by atoms with Crippen molar-refractivity contribution in [1.82, 2.24) is 4.57 Å². The number of rotatable bonds is 3. The van der Waals surface area contributed by atoms with E-state index < -0.39 is 34.2 Å². The highest BCUT2D eigenvalue weighted by Crippen LogP contribution is 2.30. The van der Waals surface area contributed by atoms with E-state index in [0.717, 1.165) is 18.2 Å². The zero-order valence-corrected chi connectivity index (χ0v) is 17.5. The van der Waals surface area contributed by atoms with Gasteiger partial charge in [0.1, 0.15) is 29.0 Å². The van der Waals surface area contributed by atoms with Crippen LogP contribution in [0.4, 0.5) is 23.2 Å². The van der Waals surface area contributed by atoms with Crippen molar-refractivity contribution in [2.75, 3.05) is 29.5 Å². The van der Waals surface area contributed by atoms with E-state index in [4.69, 9.17) is 0 Å². The largest absolute Gasteiger partial charge is 0.616 e. The summed E-state index contributed by atoms with van der Waals surface area (Å²) in [6.07, 6.45) is -3.13. The van der Waals surface area contributed by atoms with Gasteiger partial charge in [0.25, 0.3) is 0 Å². The monoisotopic (exact) mass is 463 g/mol. The lowest BCUT2D eigenvalue weighted by Gasteiger charge is -2.30. The topological polar surface area (TPSA) is 72.1 Å². The van der Waals surface area contributed by atoms with Crippen LogP contribution >= 0.6 is 0 Å². The molecule has 0 radical (unpaired) electrons. The van der Waals surface area contributed by atoms with Crippen LogP contribution in [0.3, 0.4) is 0 Å². The number of hydrogen-bond donors (Lipinski definition) is 0. The highest BCUT2D eigenvalue weighted by atomic mass is 32.2. The quantitative estimate of drug-likeness (QED) is 0.439. The summed E-state index contributed by atoms with van der Waals surface area (Å²) in [6, 6.07) is 8.96. The van der Waals surface area contributed by atoms with Gasteiger partial charge in [-0.2, -0.15) is 18.4 Å². The molecular weight excluding hydrogens is 446 g/mol. The molecule has 32 heavy (non-hydrogen) atoms. The molecule has 0 bridgehead atoms. The number of pyridine rings is 1. The predicted molar refractivity (Wildman–Crippen MR) is 114 cm³/mol. The minimum absolute atomic E-state index is 0.0118. The Kier molecular flexibility index (Phi) is 5.88. The molecule has 1 saturated heterocycles. The molecular formula is C22H17F4N3O2S. The van der Waals surface area contributed by atoms with Crippen molar-refractivity contribution in [3.8, 4) is 6.07 Å². The molecule has 1 fully saturated rings. The molecule has 1 aliphatic rings. The summed E-state index contributed by atoms with van der Waals surface area (Å²) in [5.74, 6) is 0.185. The summed E-state index contributed by atoms with van der Waals surface area (Å²) in [6.45, 7) is 0.877. The molecule has 3 aromatic rings. The summed E-state index contributed by atoms with van der Waals surface area (Å²) in [5, 5.41) is 9.34. The molecule has 0 atom stereocenters. The van der Waals surface area contributed by atoms with Crippen LogP contribution in [-0.2, 0) is 23.9 Å². The van der Waals surface area contributed by atoms with Gasteiger partial charge in [-0.05, 0) is 29.8 Å². The Bertz CT molecular complexity index is 1260. The van der Waals surface area contributed by atoms with Crippen LogP contribution in [0.25, 0.3) is 10.9 Å². The van der Waals surface area contributed by atoms with Crippen molar-refractivity contribution in [1.29, 1.82) is 5.26 Å². The van der Waals surface area contributed by atoms with E-state index in [0.29, 0.717) is 35.7 Å². The van der Waals surface area contributed by atoms with Gasteiger partial charge in [-0.15, -0.1) is 0 Å². The van der Waals surface area contributed by atoms with Crippen LogP contribution in [0.1, 0.15) is 16.7 Å². The number of fused-ring (bicyclic) bond motifs is 1. The Labute approximate surface area is 183 Å². The lowest BCUT2D eigenvalue weighted by atomic mass is 10.1. The Morgan fingerprint density at radius 3 is 2.38 bits per heavy atom. The van der Waals surface area contributed by atoms with Gasteiger partial charge < -0.3 is 14.0 Å². The number of nitriles is 1. The molecule has 5 nitrogen and oxygen atoms in total. The van der Waals surface area contributed by atoms with Gasteiger partial charge in [-0.1, -0.05) is 23.3 Å². The Hall–Kier alpha value is -3.03. The second-order valence-electron chi connectivity index (χ2n) is 7.46. The van der Waals surface area contributed by atoms with Gasteiger partial charge in [-0.25, -0.2) is 4.39 Å². The molecule has 4 rings (SSSR count). The average Bonchev–Trinajstić information content (AvgIpc) is 2.76. The minimum Gasteiger partial charge on any atom is -0.616 e. The molecule has 0 saturated carbocycles. The molecule has 166 valence electrons. The minimum atomic E-state index is -4.46. The molecule has 10 heteroatoms. The lowest BCUT2D eigenvalue weighted by molar-refractivity contribution is -0.137. The average molecular weight is 463 g/mol. The first-order valence-electron chi connectivity index (χ1n) is 9.70. The maximum Gasteiger partial charge on any atom is 0.416 e. The molecule has 0 spiro atoms. The van der Waals surface area contributed by atoms with Crippen molar-refractivity contribution in [3.05, 3.63) is 75.3 Å². The Morgan fingerprint density at radius 2 is 1.78 bits per heavy atom. The third-order valence-electron chi connectivity index (χ3n) is 5.42. The molecule has 1 aromatic heterocycles. The van der Waals surface area contributed by atoms with Crippen molar-refractivity contribution in [3.63, 3.8) is 0 Å². The number of nitrogens with zero attached hydrogens (tertiary/aromatic N) is 3. The van der Waals surface area contributed by atoms with Crippen LogP contribution in [0.2, 0.25) is 0 Å².